The maximum Gasteiger partial charge on any atom is 0.258 e. The molecule has 0 unspecified atom stereocenters. The first-order chi connectivity index (χ1) is 14.9. The molecule has 1 amide bonds. The number of halogens is 2. The average molecular weight is 419 g/mol. The van der Waals surface area contributed by atoms with Crippen LogP contribution in [0, 0.1) is 25.5 Å². The molecule has 0 aliphatic rings. The molecule has 0 aliphatic carbocycles. The number of hydrogen-bond donors (Lipinski definition) is 2. The minimum atomic E-state index is -1.16. The van der Waals surface area contributed by atoms with E-state index in [1.165, 1.54) is 19.1 Å². The summed E-state index contributed by atoms with van der Waals surface area (Å²) in [5, 5.41) is 6.27. The predicted molar refractivity (Wildman–Crippen MR) is 116 cm³/mol. The number of fused-ring (bicyclic) bond motifs is 1. The van der Waals surface area contributed by atoms with Crippen LogP contribution in [0.1, 0.15) is 21.5 Å². The van der Waals surface area contributed by atoms with Gasteiger partial charge in [0.15, 0.2) is 17.3 Å². The molecule has 4 aromatic rings. The summed E-state index contributed by atoms with van der Waals surface area (Å²) in [5.41, 5.74) is 3.40. The second kappa shape index (κ2) is 8.06. The Hall–Kier alpha value is -3.94. The van der Waals surface area contributed by atoms with Gasteiger partial charge >= 0.3 is 0 Å². The summed E-state index contributed by atoms with van der Waals surface area (Å²) in [6.45, 7) is 3.37. The van der Waals surface area contributed by atoms with E-state index in [-0.39, 0.29) is 11.1 Å². The Morgan fingerprint density at radius 2 is 1.71 bits per heavy atom. The van der Waals surface area contributed by atoms with Gasteiger partial charge in [0, 0.05) is 36.1 Å². The van der Waals surface area contributed by atoms with Crippen LogP contribution in [0.4, 0.5) is 20.4 Å². The van der Waals surface area contributed by atoms with Crippen LogP contribution in [0.2, 0.25) is 0 Å². The lowest BCUT2D eigenvalue weighted by Gasteiger charge is -2.12. The number of hydrogen-bond acceptors (Lipinski definition) is 5. The Morgan fingerprint density at radius 3 is 2.48 bits per heavy atom. The molecule has 8 heteroatoms. The van der Waals surface area contributed by atoms with E-state index in [1.54, 1.807) is 31.6 Å². The zero-order valence-corrected chi connectivity index (χ0v) is 17.1. The largest absolute Gasteiger partial charge is 0.357 e. The Kier molecular flexibility index (Phi) is 5.29. The van der Waals surface area contributed by atoms with Crippen molar-refractivity contribution in [2.45, 2.75) is 13.8 Å². The van der Waals surface area contributed by atoms with Crippen LogP contribution >= 0.6 is 0 Å². The molecular weight excluding hydrogens is 400 g/mol. The number of aromatic nitrogens is 3. The SMILES string of the molecule is CNc1ncc2cc(-c3cc(NC(=O)c4ccc(C)c(F)c4F)ccc3C)cnc2n1. The van der Waals surface area contributed by atoms with Crippen molar-refractivity contribution in [1.82, 2.24) is 15.0 Å². The van der Waals surface area contributed by atoms with Crippen LogP contribution in [0.25, 0.3) is 22.2 Å². The van der Waals surface area contributed by atoms with Gasteiger partial charge in [-0.2, -0.15) is 4.98 Å². The summed E-state index contributed by atoms with van der Waals surface area (Å²) >= 11 is 0. The summed E-state index contributed by atoms with van der Waals surface area (Å²) < 4.78 is 28.0. The van der Waals surface area contributed by atoms with Gasteiger partial charge in [-0.05, 0) is 54.8 Å². The van der Waals surface area contributed by atoms with Crippen molar-refractivity contribution in [2.75, 3.05) is 17.7 Å². The first-order valence-corrected chi connectivity index (χ1v) is 9.55. The zero-order valence-electron chi connectivity index (χ0n) is 17.1. The van der Waals surface area contributed by atoms with Crippen molar-refractivity contribution in [2.24, 2.45) is 0 Å². The Morgan fingerprint density at radius 1 is 0.935 bits per heavy atom. The molecule has 31 heavy (non-hydrogen) atoms. The third-order valence-corrected chi connectivity index (χ3v) is 4.98. The van der Waals surface area contributed by atoms with E-state index in [9.17, 15) is 13.6 Å². The second-order valence-electron chi connectivity index (χ2n) is 7.12. The summed E-state index contributed by atoms with van der Waals surface area (Å²) in [6, 6.07) is 9.85. The van der Waals surface area contributed by atoms with Crippen LogP contribution in [0.3, 0.4) is 0 Å². The van der Waals surface area contributed by atoms with E-state index in [1.807, 2.05) is 19.1 Å². The molecule has 0 bridgehead atoms. The molecule has 4 rings (SSSR count). The minimum absolute atomic E-state index is 0.140. The standard InChI is InChI=1S/C23H19F2N5O/c1-12-4-6-16(29-22(31)17-7-5-13(2)19(24)20(17)25)9-18(12)14-8-15-11-28-23(26-3)30-21(15)27-10-14/h4-11H,1-3H3,(H,29,31)(H,26,27,28,30). The van der Waals surface area contributed by atoms with E-state index in [2.05, 4.69) is 25.6 Å². The molecular formula is C23H19F2N5O. The molecule has 2 aromatic carbocycles. The highest BCUT2D eigenvalue weighted by Crippen LogP contribution is 2.28. The van der Waals surface area contributed by atoms with Crippen molar-refractivity contribution in [3.63, 3.8) is 0 Å². The zero-order chi connectivity index (χ0) is 22.1. The number of nitrogens with zero attached hydrogens (tertiary/aromatic N) is 3. The predicted octanol–water partition coefficient (Wildman–Crippen LogP) is 4.88. The van der Waals surface area contributed by atoms with Crippen LogP contribution in [0.5, 0.6) is 0 Å². The van der Waals surface area contributed by atoms with Gasteiger partial charge in [0.1, 0.15) is 0 Å². The van der Waals surface area contributed by atoms with Crippen LogP contribution < -0.4 is 10.6 Å². The fourth-order valence-corrected chi connectivity index (χ4v) is 3.22. The third kappa shape index (κ3) is 3.92. The van der Waals surface area contributed by atoms with Gasteiger partial charge in [0.2, 0.25) is 5.95 Å². The number of amides is 1. The van der Waals surface area contributed by atoms with Crippen molar-refractivity contribution >= 4 is 28.6 Å². The molecule has 0 aliphatic heterocycles. The molecule has 0 radical (unpaired) electrons. The van der Waals surface area contributed by atoms with Gasteiger partial charge in [-0.3, -0.25) is 4.79 Å². The average Bonchev–Trinajstić information content (AvgIpc) is 2.78. The number of pyridine rings is 1. The quantitative estimate of drug-likeness (QED) is 0.493. The Bertz CT molecular complexity index is 1320. The topological polar surface area (TPSA) is 79.8 Å². The second-order valence-corrected chi connectivity index (χ2v) is 7.12. The van der Waals surface area contributed by atoms with E-state index >= 15 is 0 Å². The molecule has 0 saturated carbocycles. The van der Waals surface area contributed by atoms with Gasteiger partial charge in [-0.25, -0.2) is 18.7 Å². The summed E-state index contributed by atoms with van der Waals surface area (Å²) in [7, 11) is 1.73. The lowest BCUT2D eigenvalue weighted by atomic mass is 10.0. The van der Waals surface area contributed by atoms with Crippen molar-refractivity contribution in [3.8, 4) is 11.1 Å². The van der Waals surface area contributed by atoms with Crippen LogP contribution in [0.15, 0.2) is 48.8 Å². The Balaban J connectivity index is 1.67. The van der Waals surface area contributed by atoms with Crippen LogP contribution in [-0.4, -0.2) is 27.9 Å². The number of aryl methyl sites for hydroxylation is 2. The maximum absolute atomic E-state index is 14.2. The maximum atomic E-state index is 14.2. The van der Waals surface area contributed by atoms with Gasteiger partial charge in [0.05, 0.1) is 5.56 Å². The fourth-order valence-electron chi connectivity index (χ4n) is 3.22. The molecule has 6 nitrogen and oxygen atoms in total. The van der Waals surface area contributed by atoms with Gasteiger partial charge in [-0.1, -0.05) is 12.1 Å². The number of carbonyl (C=O) groups is 1. The molecule has 0 saturated heterocycles. The van der Waals surface area contributed by atoms with Crippen LogP contribution in [-0.2, 0) is 0 Å². The number of benzene rings is 2. The third-order valence-electron chi connectivity index (χ3n) is 4.98. The molecule has 0 fully saturated rings. The normalized spacial score (nSPS) is 10.9. The molecule has 156 valence electrons. The van der Waals surface area contributed by atoms with E-state index in [4.69, 9.17) is 0 Å². The molecule has 0 spiro atoms. The molecule has 2 N–H and O–H groups in total. The minimum Gasteiger partial charge on any atom is -0.357 e. The van der Waals surface area contributed by atoms with Gasteiger partial charge in [0.25, 0.3) is 5.91 Å². The van der Waals surface area contributed by atoms with Crippen molar-refractivity contribution < 1.29 is 13.6 Å². The molecule has 2 aromatic heterocycles. The number of carbonyl (C=O) groups excluding carboxylic acids is 1. The van der Waals surface area contributed by atoms with E-state index < -0.39 is 17.5 Å². The monoisotopic (exact) mass is 419 g/mol. The summed E-state index contributed by atoms with van der Waals surface area (Å²) in [5.74, 6) is -2.43. The Labute approximate surface area is 177 Å². The van der Waals surface area contributed by atoms with E-state index in [0.29, 0.717) is 17.3 Å². The first kappa shape index (κ1) is 20.3. The smallest absolute Gasteiger partial charge is 0.258 e. The molecule has 2 heterocycles. The number of anilines is 2. The van der Waals surface area contributed by atoms with Crippen molar-refractivity contribution in [1.29, 1.82) is 0 Å². The van der Waals surface area contributed by atoms with Gasteiger partial charge < -0.3 is 10.6 Å². The first-order valence-electron chi connectivity index (χ1n) is 9.55. The lowest BCUT2D eigenvalue weighted by Crippen LogP contribution is -2.15. The van der Waals surface area contributed by atoms with E-state index in [0.717, 1.165) is 22.1 Å². The van der Waals surface area contributed by atoms with Crippen molar-refractivity contribution in [3.05, 3.63) is 77.1 Å². The number of nitrogens with one attached hydrogen (secondary N) is 2. The highest BCUT2D eigenvalue weighted by molar-refractivity contribution is 6.04. The summed E-state index contributed by atoms with van der Waals surface area (Å²) in [6.07, 6.45) is 3.37. The highest BCUT2D eigenvalue weighted by atomic mass is 19.2. The van der Waals surface area contributed by atoms with Gasteiger partial charge in [-0.15, -0.1) is 0 Å². The highest BCUT2D eigenvalue weighted by Gasteiger charge is 2.17. The fraction of sp³-hybridized carbons (Fsp3) is 0.130. The number of rotatable bonds is 4. The molecule has 0 atom stereocenters. The lowest BCUT2D eigenvalue weighted by molar-refractivity contribution is 0.102. The summed E-state index contributed by atoms with van der Waals surface area (Å²) in [4.78, 5) is 25.4.